The third kappa shape index (κ3) is 2.96. The van der Waals surface area contributed by atoms with Crippen molar-refractivity contribution in [3.8, 4) is 0 Å². The highest BCUT2D eigenvalue weighted by molar-refractivity contribution is 4.86. The van der Waals surface area contributed by atoms with Crippen LogP contribution in [0.3, 0.4) is 0 Å². The monoisotopic (exact) mass is 198 g/mol. The first kappa shape index (κ1) is 12.0. The van der Waals surface area contributed by atoms with Crippen LogP contribution in [0.15, 0.2) is 0 Å². The van der Waals surface area contributed by atoms with Crippen LogP contribution in [-0.2, 0) is 0 Å². The van der Waals surface area contributed by atoms with Gasteiger partial charge in [-0.2, -0.15) is 0 Å². The van der Waals surface area contributed by atoms with Crippen LogP contribution in [0.25, 0.3) is 0 Å². The topological polar surface area (TPSA) is 38.0 Å². The van der Waals surface area contributed by atoms with Gasteiger partial charge in [0.2, 0.25) is 0 Å². The molecule has 0 aromatic rings. The van der Waals surface area contributed by atoms with Crippen molar-refractivity contribution in [3.63, 3.8) is 0 Å². The molecule has 1 fully saturated rings. The maximum atomic E-state index is 5.64. The predicted octanol–water partition coefficient (Wildman–Crippen LogP) is 2.69. The Balaban J connectivity index is 2.58. The number of nitrogens with two attached hydrogens (primary N) is 1. The van der Waals surface area contributed by atoms with Crippen molar-refractivity contribution < 1.29 is 0 Å². The number of hydrogen-bond acceptors (Lipinski definition) is 2. The van der Waals surface area contributed by atoms with E-state index in [4.69, 9.17) is 5.84 Å². The summed E-state index contributed by atoms with van der Waals surface area (Å²) in [6.45, 7) is 9.28. The van der Waals surface area contributed by atoms with Crippen molar-refractivity contribution >= 4 is 0 Å². The molecule has 0 radical (unpaired) electrons. The highest BCUT2D eigenvalue weighted by Gasteiger charge is 2.33. The molecule has 1 aliphatic rings. The van der Waals surface area contributed by atoms with E-state index in [-0.39, 0.29) is 0 Å². The van der Waals surface area contributed by atoms with Crippen LogP contribution in [0, 0.1) is 17.3 Å². The highest BCUT2D eigenvalue weighted by atomic mass is 15.2. The van der Waals surface area contributed by atoms with Gasteiger partial charge in [-0.15, -0.1) is 0 Å². The Kier molecular flexibility index (Phi) is 3.96. The Morgan fingerprint density at radius 2 is 2.00 bits per heavy atom. The summed E-state index contributed by atoms with van der Waals surface area (Å²) >= 11 is 0. The number of hydrogen-bond donors (Lipinski definition) is 2. The molecule has 2 atom stereocenters. The van der Waals surface area contributed by atoms with Gasteiger partial charge in [-0.05, 0) is 36.5 Å². The Morgan fingerprint density at radius 1 is 1.36 bits per heavy atom. The molecule has 0 saturated heterocycles. The summed E-state index contributed by atoms with van der Waals surface area (Å²) in [5, 5.41) is 0. The molecule has 3 N–H and O–H groups in total. The molecule has 2 nitrogen and oxygen atoms in total. The molecule has 0 aromatic carbocycles. The summed E-state index contributed by atoms with van der Waals surface area (Å²) in [7, 11) is 0. The van der Waals surface area contributed by atoms with Gasteiger partial charge in [0.15, 0.2) is 0 Å². The van der Waals surface area contributed by atoms with Gasteiger partial charge in [0.25, 0.3) is 0 Å². The first-order valence-electron chi connectivity index (χ1n) is 5.92. The van der Waals surface area contributed by atoms with Crippen molar-refractivity contribution in [1.29, 1.82) is 0 Å². The zero-order valence-electron chi connectivity index (χ0n) is 10.1. The van der Waals surface area contributed by atoms with E-state index >= 15 is 0 Å². The summed E-state index contributed by atoms with van der Waals surface area (Å²) in [6.07, 6.45) is 5.40. The molecule has 0 amide bonds. The zero-order chi connectivity index (χ0) is 10.8. The Labute approximate surface area is 88.6 Å². The van der Waals surface area contributed by atoms with E-state index in [1.165, 1.54) is 25.7 Å². The molecule has 1 saturated carbocycles. The Morgan fingerprint density at radius 3 is 2.43 bits per heavy atom. The maximum absolute atomic E-state index is 5.64. The smallest absolute Gasteiger partial charge is 0.0261 e. The van der Waals surface area contributed by atoms with Gasteiger partial charge in [-0.1, -0.05) is 34.1 Å². The van der Waals surface area contributed by atoms with Crippen LogP contribution in [0.1, 0.15) is 53.4 Å². The summed E-state index contributed by atoms with van der Waals surface area (Å²) in [5.74, 6) is 7.05. The van der Waals surface area contributed by atoms with Crippen LogP contribution in [-0.4, -0.2) is 6.04 Å². The standard InChI is InChI=1S/C12H26N2/c1-9(2)11(14-13)10-6-5-7-12(3,4)8-10/h9-11,14H,5-8,13H2,1-4H3. The predicted molar refractivity (Wildman–Crippen MR) is 61.7 cm³/mol. The van der Waals surface area contributed by atoms with E-state index in [2.05, 4.69) is 33.1 Å². The van der Waals surface area contributed by atoms with Crippen LogP contribution in [0.4, 0.5) is 0 Å². The van der Waals surface area contributed by atoms with Gasteiger partial charge in [0.05, 0.1) is 0 Å². The third-order valence-electron chi connectivity index (χ3n) is 3.66. The quantitative estimate of drug-likeness (QED) is 0.540. The van der Waals surface area contributed by atoms with Crippen molar-refractivity contribution in [1.82, 2.24) is 5.43 Å². The van der Waals surface area contributed by atoms with Crippen LogP contribution < -0.4 is 11.3 Å². The van der Waals surface area contributed by atoms with Gasteiger partial charge in [0, 0.05) is 6.04 Å². The van der Waals surface area contributed by atoms with E-state index < -0.39 is 0 Å². The number of nitrogens with one attached hydrogen (secondary N) is 1. The van der Waals surface area contributed by atoms with Crippen LogP contribution >= 0.6 is 0 Å². The van der Waals surface area contributed by atoms with Crippen molar-refractivity contribution in [2.24, 2.45) is 23.1 Å². The molecule has 1 rings (SSSR count). The molecular weight excluding hydrogens is 172 g/mol. The molecule has 0 bridgehead atoms. The van der Waals surface area contributed by atoms with Crippen LogP contribution in [0.5, 0.6) is 0 Å². The minimum atomic E-state index is 0.495. The van der Waals surface area contributed by atoms with Gasteiger partial charge in [-0.25, -0.2) is 0 Å². The number of rotatable bonds is 3. The lowest BCUT2D eigenvalue weighted by molar-refractivity contribution is 0.129. The van der Waals surface area contributed by atoms with Gasteiger partial charge >= 0.3 is 0 Å². The highest BCUT2D eigenvalue weighted by Crippen LogP contribution is 2.40. The molecule has 2 unspecified atom stereocenters. The van der Waals surface area contributed by atoms with Gasteiger partial charge < -0.3 is 0 Å². The molecule has 0 aromatic heterocycles. The first-order valence-corrected chi connectivity index (χ1v) is 5.92. The fraction of sp³-hybridized carbons (Fsp3) is 1.00. The summed E-state index contributed by atoms with van der Waals surface area (Å²) in [6, 6.07) is 0.495. The molecule has 84 valence electrons. The van der Waals surface area contributed by atoms with Gasteiger partial charge in [0.1, 0.15) is 0 Å². The van der Waals surface area contributed by atoms with E-state index in [0.29, 0.717) is 17.4 Å². The lowest BCUT2D eigenvalue weighted by Gasteiger charge is -2.40. The van der Waals surface area contributed by atoms with Crippen molar-refractivity contribution in [2.45, 2.75) is 59.4 Å². The van der Waals surface area contributed by atoms with E-state index in [0.717, 1.165) is 5.92 Å². The van der Waals surface area contributed by atoms with Gasteiger partial charge in [-0.3, -0.25) is 11.3 Å². The third-order valence-corrected chi connectivity index (χ3v) is 3.66. The minimum absolute atomic E-state index is 0.495. The average molecular weight is 198 g/mol. The normalized spacial score (nSPS) is 29.1. The lowest BCUT2D eigenvalue weighted by Crippen LogP contribution is -2.46. The Hall–Kier alpha value is -0.0800. The van der Waals surface area contributed by atoms with E-state index in [1.807, 2.05) is 0 Å². The second-order valence-electron chi connectivity index (χ2n) is 5.96. The average Bonchev–Trinajstić information content (AvgIpc) is 2.02. The second kappa shape index (κ2) is 4.63. The zero-order valence-corrected chi connectivity index (χ0v) is 10.1. The maximum Gasteiger partial charge on any atom is 0.0261 e. The molecule has 0 spiro atoms. The summed E-state index contributed by atoms with van der Waals surface area (Å²) < 4.78 is 0. The lowest BCUT2D eigenvalue weighted by atomic mass is 9.68. The molecule has 2 heteroatoms. The molecule has 14 heavy (non-hydrogen) atoms. The number of hydrazine groups is 1. The fourth-order valence-electron chi connectivity index (χ4n) is 2.94. The van der Waals surface area contributed by atoms with Crippen molar-refractivity contribution in [3.05, 3.63) is 0 Å². The summed E-state index contributed by atoms with van der Waals surface area (Å²) in [4.78, 5) is 0. The molecular formula is C12H26N2. The van der Waals surface area contributed by atoms with Crippen LogP contribution in [0.2, 0.25) is 0 Å². The van der Waals surface area contributed by atoms with E-state index in [9.17, 15) is 0 Å². The first-order chi connectivity index (χ1) is 6.46. The second-order valence-corrected chi connectivity index (χ2v) is 5.96. The largest absolute Gasteiger partial charge is 0.271 e. The minimum Gasteiger partial charge on any atom is -0.271 e. The van der Waals surface area contributed by atoms with Crippen molar-refractivity contribution in [2.75, 3.05) is 0 Å². The fourth-order valence-corrected chi connectivity index (χ4v) is 2.94. The molecule has 0 aliphatic heterocycles. The summed E-state index contributed by atoms with van der Waals surface area (Å²) in [5.41, 5.74) is 3.53. The SMILES string of the molecule is CC(C)C(NN)C1CCCC(C)(C)C1. The Bertz CT molecular complexity index is 175. The molecule has 1 aliphatic carbocycles. The van der Waals surface area contributed by atoms with E-state index in [1.54, 1.807) is 0 Å². The molecule has 0 heterocycles.